The predicted octanol–water partition coefficient (Wildman–Crippen LogP) is 3.25. The Bertz CT molecular complexity index is 1150. The zero-order chi connectivity index (χ0) is 23.3. The Balaban J connectivity index is 1.58. The predicted molar refractivity (Wildman–Crippen MR) is 121 cm³/mol. The molecular formula is C21H22N6O4S. The van der Waals surface area contributed by atoms with Gasteiger partial charge in [0.25, 0.3) is 11.6 Å². The first-order valence-electron chi connectivity index (χ1n) is 9.69. The first kappa shape index (κ1) is 22.9. The minimum absolute atomic E-state index is 0.0401. The van der Waals surface area contributed by atoms with Crippen LogP contribution >= 0.6 is 11.8 Å². The van der Waals surface area contributed by atoms with Crippen molar-refractivity contribution in [2.45, 2.75) is 25.0 Å². The fourth-order valence-corrected chi connectivity index (χ4v) is 3.69. The Morgan fingerprint density at radius 3 is 2.59 bits per heavy atom. The number of carbonyl (C=O) groups excluding carboxylic acids is 2. The number of amides is 2. The number of hydrogen-bond donors (Lipinski definition) is 2. The maximum atomic E-state index is 12.4. The van der Waals surface area contributed by atoms with E-state index in [0.29, 0.717) is 27.8 Å². The zero-order valence-electron chi connectivity index (χ0n) is 17.7. The molecule has 0 unspecified atom stereocenters. The maximum absolute atomic E-state index is 12.4. The van der Waals surface area contributed by atoms with Gasteiger partial charge in [-0.1, -0.05) is 36.0 Å². The summed E-state index contributed by atoms with van der Waals surface area (Å²) in [5, 5.41) is 25.3. The number of rotatable bonds is 8. The van der Waals surface area contributed by atoms with Gasteiger partial charge in [0.1, 0.15) is 0 Å². The number of benzene rings is 2. The van der Waals surface area contributed by atoms with E-state index >= 15 is 0 Å². The molecule has 2 amide bonds. The average Bonchev–Trinajstić information content (AvgIpc) is 3.14. The molecule has 10 nitrogen and oxygen atoms in total. The van der Waals surface area contributed by atoms with Crippen LogP contribution in [0.3, 0.4) is 0 Å². The third kappa shape index (κ3) is 5.49. The van der Waals surface area contributed by atoms with Crippen molar-refractivity contribution in [3.05, 3.63) is 75.6 Å². The Hall–Kier alpha value is -3.73. The summed E-state index contributed by atoms with van der Waals surface area (Å²) in [6.45, 7) is 3.44. The summed E-state index contributed by atoms with van der Waals surface area (Å²) in [7, 11) is 1.75. The SMILES string of the molecule is Cc1ccc(NC(=O)CSc2nnc([C@@H](C)NC(=O)c3ccccc3)n2C)cc1[N+](=O)[O-]. The highest BCUT2D eigenvalue weighted by Crippen LogP contribution is 2.23. The molecule has 166 valence electrons. The van der Waals surface area contributed by atoms with Crippen molar-refractivity contribution in [3.63, 3.8) is 0 Å². The summed E-state index contributed by atoms with van der Waals surface area (Å²) in [5.41, 5.74) is 1.36. The lowest BCUT2D eigenvalue weighted by Gasteiger charge is -2.13. The molecule has 0 bridgehead atoms. The highest BCUT2D eigenvalue weighted by Gasteiger charge is 2.19. The van der Waals surface area contributed by atoms with E-state index in [0.717, 1.165) is 0 Å². The van der Waals surface area contributed by atoms with Gasteiger partial charge in [-0.2, -0.15) is 0 Å². The highest BCUT2D eigenvalue weighted by molar-refractivity contribution is 7.99. The molecule has 11 heteroatoms. The molecule has 1 aromatic heterocycles. The molecule has 32 heavy (non-hydrogen) atoms. The molecule has 3 rings (SSSR count). The van der Waals surface area contributed by atoms with Gasteiger partial charge in [-0.05, 0) is 32.0 Å². The molecular weight excluding hydrogens is 432 g/mol. The number of thioether (sulfide) groups is 1. The number of hydrogen-bond acceptors (Lipinski definition) is 7. The van der Waals surface area contributed by atoms with Gasteiger partial charge in [-0.25, -0.2) is 0 Å². The van der Waals surface area contributed by atoms with E-state index in [1.54, 1.807) is 61.9 Å². The van der Waals surface area contributed by atoms with E-state index < -0.39 is 11.0 Å². The van der Waals surface area contributed by atoms with E-state index in [9.17, 15) is 19.7 Å². The van der Waals surface area contributed by atoms with Gasteiger partial charge >= 0.3 is 0 Å². The molecule has 2 aromatic carbocycles. The molecule has 0 radical (unpaired) electrons. The Labute approximate surface area is 188 Å². The lowest BCUT2D eigenvalue weighted by molar-refractivity contribution is -0.385. The molecule has 0 spiro atoms. The number of aromatic nitrogens is 3. The third-order valence-electron chi connectivity index (χ3n) is 4.66. The first-order valence-corrected chi connectivity index (χ1v) is 10.7. The molecule has 2 N–H and O–H groups in total. The number of nitrogens with one attached hydrogen (secondary N) is 2. The van der Waals surface area contributed by atoms with Crippen molar-refractivity contribution in [1.29, 1.82) is 0 Å². The molecule has 3 aromatic rings. The lowest BCUT2D eigenvalue weighted by Crippen LogP contribution is -2.28. The van der Waals surface area contributed by atoms with Crippen LogP contribution in [0.4, 0.5) is 11.4 Å². The van der Waals surface area contributed by atoms with Crippen LogP contribution in [-0.2, 0) is 11.8 Å². The van der Waals surface area contributed by atoms with Crippen LogP contribution in [0.2, 0.25) is 0 Å². The number of nitro groups is 1. The second-order valence-corrected chi connectivity index (χ2v) is 8.00. The fourth-order valence-electron chi connectivity index (χ4n) is 2.97. The summed E-state index contributed by atoms with van der Waals surface area (Å²) in [6.07, 6.45) is 0. The van der Waals surface area contributed by atoms with Crippen molar-refractivity contribution in [1.82, 2.24) is 20.1 Å². The minimum Gasteiger partial charge on any atom is -0.342 e. The standard InChI is InChI=1S/C21H22N6O4S/c1-13-9-10-16(11-17(13)27(30)31)23-18(28)12-32-21-25-24-19(26(21)3)14(2)22-20(29)15-7-5-4-6-8-15/h4-11,14H,12H2,1-3H3,(H,22,29)(H,23,28)/t14-/m1/s1. The summed E-state index contributed by atoms with van der Waals surface area (Å²) < 4.78 is 1.71. The highest BCUT2D eigenvalue weighted by atomic mass is 32.2. The number of carbonyl (C=O) groups is 2. The molecule has 0 aliphatic rings. The monoisotopic (exact) mass is 454 g/mol. The minimum atomic E-state index is -0.488. The molecule has 0 aliphatic heterocycles. The van der Waals surface area contributed by atoms with Gasteiger partial charge in [-0.3, -0.25) is 19.7 Å². The van der Waals surface area contributed by atoms with Crippen molar-refractivity contribution in [3.8, 4) is 0 Å². The Morgan fingerprint density at radius 2 is 1.91 bits per heavy atom. The summed E-state index contributed by atoms with van der Waals surface area (Å²) in [5.74, 6) is 0.0367. The molecule has 0 saturated carbocycles. The van der Waals surface area contributed by atoms with E-state index in [1.807, 2.05) is 6.07 Å². The number of nitrogens with zero attached hydrogens (tertiary/aromatic N) is 4. The Morgan fingerprint density at radius 1 is 1.19 bits per heavy atom. The number of nitro benzene ring substituents is 1. The van der Waals surface area contributed by atoms with E-state index in [-0.39, 0.29) is 23.3 Å². The van der Waals surface area contributed by atoms with Crippen LogP contribution in [0.5, 0.6) is 0 Å². The first-order chi connectivity index (χ1) is 15.3. The van der Waals surface area contributed by atoms with Gasteiger partial charge in [0, 0.05) is 29.9 Å². The van der Waals surface area contributed by atoms with Crippen LogP contribution in [0.1, 0.15) is 34.7 Å². The molecule has 0 saturated heterocycles. The van der Waals surface area contributed by atoms with Gasteiger partial charge in [-0.15, -0.1) is 10.2 Å². The van der Waals surface area contributed by atoms with Crippen molar-refractivity contribution >= 4 is 35.0 Å². The summed E-state index contributed by atoms with van der Waals surface area (Å²) in [4.78, 5) is 35.2. The average molecular weight is 455 g/mol. The third-order valence-corrected chi connectivity index (χ3v) is 5.68. The van der Waals surface area contributed by atoms with Gasteiger partial charge < -0.3 is 15.2 Å². The van der Waals surface area contributed by atoms with Crippen molar-refractivity contribution in [2.75, 3.05) is 11.1 Å². The van der Waals surface area contributed by atoms with Gasteiger partial charge in [0.2, 0.25) is 5.91 Å². The van der Waals surface area contributed by atoms with Crippen LogP contribution in [-0.4, -0.2) is 37.3 Å². The number of anilines is 1. The van der Waals surface area contributed by atoms with Crippen LogP contribution in [0, 0.1) is 17.0 Å². The fraction of sp³-hybridized carbons (Fsp3) is 0.238. The lowest BCUT2D eigenvalue weighted by atomic mass is 10.2. The van der Waals surface area contributed by atoms with Gasteiger partial charge in [0.05, 0.1) is 16.7 Å². The second kappa shape index (κ2) is 10.1. The largest absolute Gasteiger partial charge is 0.342 e. The van der Waals surface area contributed by atoms with Crippen LogP contribution in [0.25, 0.3) is 0 Å². The molecule has 0 fully saturated rings. The zero-order valence-corrected chi connectivity index (χ0v) is 18.5. The molecule has 0 aliphatic carbocycles. The quantitative estimate of drug-likeness (QED) is 0.303. The van der Waals surface area contributed by atoms with E-state index in [2.05, 4.69) is 20.8 Å². The maximum Gasteiger partial charge on any atom is 0.274 e. The topological polar surface area (TPSA) is 132 Å². The van der Waals surface area contributed by atoms with Crippen molar-refractivity contribution < 1.29 is 14.5 Å². The van der Waals surface area contributed by atoms with Crippen LogP contribution < -0.4 is 10.6 Å². The Kier molecular flexibility index (Phi) is 7.21. The molecule has 1 atom stereocenters. The van der Waals surface area contributed by atoms with Crippen molar-refractivity contribution in [2.24, 2.45) is 7.05 Å². The smallest absolute Gasteiger partial charge is 0.274 e. The number of aryl methyl sites for hydroxylation is 1. The summed E-state index contributed by atoms with van der Waals surface area (Å²) >= 11 is 1.17. The normalized spacial score (nSPS) is 11.6. The van der Waals surface area contributed by atoms with E-state index in [4.69, 9.17) is 0 Å². The second-order valence-electron chi connectivity index (χ2n) is 7.06. The summed E-state index contributed by atoms with van der Waals surface area (Å²) in [6, 6.07) is 13.0. The molecule has 1 heterocycles. The van der Waals surface area contributed by atoms with Gasteiger partial charge in [0.15, 0.2) is 11.0 Å². The van der Waals surface area contributed by atoms with Crippen LogP contribution in [0.15, 0.2) is 53.7 Å². The van der Waals surface area contributed by atoms with E-state index in [1.165, 1.54) is 17.8 Å².